The van der Waals surface area contributed by atoms with Crippen LogP contribution in [-0.2, 0) is 6.54 Å². The van der Waals surface area contributed by atoms with E-state index in [0.717, 1.165) is 12.0 Å². The molecule has 0 atom stereocenters. The maximum Gasteiger partial charge on any atom is 0.222 e. The number of aromatic hydroxyl groups is 1. The van der Waals surface area contributed by atoms with E-state index >= 15 is 0 Å². The Morgan fingerprint density at radius 2 is 2.00 bits per heavy atom. The van der Waals surface area contributed by atoms with E-state index in [1.54, 1.807) is 29.9 Å². The van der Waals surface area contributed by atoms with E-state index in [1.165, 1.54) is 0 Å². The standard InChI is InChI=1S/C19H19ClN2O4/c1-3-8-26-16-7-4-12(9-17(16)25-2)11-22-15-6-5-13(20)10-14(15)18(21-24)19(22)23/h4-7,9-10,23H,3,8,11H2,1-2H3. The summed E-state index contributed by atoms with van der Waals surface area (Å²) in [6.07, 6.45) is 0.901. The predicted octanol–water partition coefficient (Wildman–Crippen LogP) is 5.24. The average Bonchev–Trinajstić information content (AvgIpc) is 2.90. The van der Waals surface area contributed by atoms with E-state index < -0.39 is 0 Å². The first-order valence-corrected chi connectivity index (χ1v) is 8.60. The third-order valence-electron chi connectivity index (χ3n) is 4.09. The van der Waals surface area contributed by atoms with Crippen LogP contribution < -0.4 is 9.47 Å². The highest BCUT2D eigenvalue weighted by Gasteiger charge is 2.18. The molecule has 0 radical (unpaired) electrons. The molecule has 0 aliphatic heterocycles. The fraction of sp³-hybridized carbons (Fsp3) is 0.263. The van der Waals surface area contributed by atoms with E-state index in [1.807, 2.05) is 25.1 Å². The minimum atomic E-state index is -0.192. The average molecular weight is 375 g/mol. The molecule has 3 rings (SSSR count). The molecule has 0 unspecified atom stereocenters. The number of hydrogen-bond donors (Lipinski definition) is 1. The second-order valence-corrected chi connectivity index (χ2v) is 6.28. The van der Waals surface area contributed by atoms with Crippen LogP contribution in [-0.4, -0.2) is 23.4 Å². The van der Waals surface area contributed by atoms with Crippen molar-refractivity contribution in [2.45, 2.75) is 19.9 Å². The van der Waals surface area contributed by atoms with Gasteiger partial charge in [0, 0.05) is 10.4 Å². The van der Waals surface area contributed by atoms with Crippen LogP contribution in [0.25, 0.3) is 10.9 Å². The topological polar surface area (TPSA) is 73.0 Å². The third-order valence-corrected chi connectivity index (χ3v) is 4.33. The zero-order chi connectivity index (χ0) is 18.7. The quantitative estimate of drug-likeness (QED) is 0.573. The molecule has 6 nitrogen and oxygen atoms in total. The Morgan fingerprint density at radius 1 is 1.19 bits per heavy atom. The molecule has 26 heavy (non-hydrogen) atoms. The molecule has 3 aromatic rings. The van der Waals surface area contributed by atoms with Crippen molar-refractivity contribution in [3.05, 3.63) is 51.9 Å². The van der Waals surface area contributed by atoms with Gasteiger partial charge in [0.25, 0.3) is 0 Å². The number of benzene rings is 2. The highest BCUT2D eigenvalue weighted by Crippen LogP contribution is 2.40. The van der Waals surface area contributed by atoms with Gasteiger partial charge in [-0.3, -0.25) is 0 Å². The molecule has 0 fully saturated rings. The normalized spacial score (nSPS) is 10.9. The molecule has 0 amide bonds. The number of aromatic nitrogens is 1. The smallest absolute Gasteiger partial charge is 0.222 e. The Kier molecular flexibility index (Phi) is 5.32. The summed E-state index contributed by atoms with van der Waals surface area (Å²) < 4.78 is 12.7. The number of ether oxygens (including phenoxy) is 2. The van der Waals surface area contributed by atoms with Gasteiger partial charge < -0.3 is 19.1 Å². The monoisotopic (exact) mass is 374 g/mol. The van der Waals surface area contributed by atoms with E-state index in [2.05, 4.69) is 5.18 Å². The maximum atomic E-state index is 11.2. The summed E-state index contributed by atoms with van der Waals surface area (Å²) in [5, 5.41) is 14.4. The van der Waals surface area contributed by atoms with Crippen molar-refractivity contribution >= 4 is 28.2 Å². The van der Waals surface area contributed by atoms with Crippen LogP contribution in [0.4, 0.5) is 5.69 Å². The van der Waals surface area contributed by atoms with Gasteiger partial charge in [-0.05, 0) is 47.5 Å². The van der Waals surface area contributed by atoms with Crippen LogP contribution in [0.15, 0.2) is 41.6 Å². The molecule has 1 N–H and O–H groups in total. The van der Waals surface area contributed by atoms with Crippen molar-refractivity contribution in [2.24, 2.45) is 5.18 Å². The van der Waals surface area contributed by atoms with E-state index in [9.17, 15) is 10.0 Å². The van der Waals surface area contributed by atoms with Crippen molar-refractivity contribution in [3.8, 4) is 17.4 Å². The molecule has 0 saturated carbocycles. The zero-order valence-corrected chi connectivity index (χ0v) is 15.3. The van der Waals surface area contributed by atoms with Crippen molar-refractivity contribution in [2.75, 3.05) is 13.7 Å². The summed E-state index contributed by atoms with van der Waals surface area (Å²) in [7, 11) is 1.58. The van der Waals surface area contributed by atoms with Gasteiger partial charge in [-0.15, -0.1) is 4.91 Å². The Morgan fingerprint density at radius 3 is 2.69 bits per heavy atom. The van der Waals surface area contributed by atoms with Crippen LogP contribution >= 0.6 is 11.6 Å². The number of rotatable bonds is 7. The lowest BCUT2D eigenvalue weighted by atomic mass is 10.2. The minimum Gasteiger partial charge on any atom is -0.493 e. The maximum absolute atomic E-state index is 11.2. The van der Waals surface area contributed by atoms with Gasteiger partial charge in [0.2, 0.25) is 5.88 Å². The van der Waals surface area contributed by atoms with Crippen LogP contribution in [0.1, 0.15) is 18.9 Å². The summed E-state index contributed by atoms with van der Waals surface area (Å²) in [6.45, 7) is 2.98. The number of nitrogens with zero attached hydrogens (tertiary/aromatic N) is 2. The largest absolute Gasteiger partial charge is 0.493 e. The van der Waals surface area contributed by atoms with Crippen molar-refractivity contribution in [3.63, 3.8) is 0 Å². The summed E-state index contributed by atoms with van der Waals surface area (Å²) in [5.41, 5.74) is 1.54. The van der Waals surface area contributed by atoms with Crippen molar-refractivity contribution in [1.29, 1.82) is 0 Å². The molecule has 1 aromatic heterocycles. The summed E-state index contributed by atoms with van der Waals surface area (Å²) in [6, 6.07) is 10.6. The van der Waals surface area contributed by atoms with Gasteiger partial charge in [-0.25, -0.2) is 0 Å². The lowest BCUT2D eigenvalue weighted by Crippen LogP contribution is -2.02. The molecule has 0 spiro atoms. The number of fused-ring (bicyclic) bond motifs is 1. The summed E-state index contributed by atoms with van der Waals surface area (Å²) in [5.74, 6) is 1.09. The molecule has 7 heteroatoms. The first-order valence-electron chi connectivity index (χ1n) is 8.22. The molecule has 0 bridgehead atoms. The first-order chi connectivity index (χ1) is 12.6. The summed E-state index contributed by atoms with van der Waals surface area (Å²) in [4.78, 5) is 11.2. The van der Waals surface area contributed by atoms with Gasteiger partial charge in [-0.1, -0.05) is 24.6 Å². The Balaban J connectivity index is 2.01. The SMILES string of the molecule is CCCOc1ccc(Cn2c(O)c(N=O)c3cc(Cl)ccc32)cc1OC. The fourth-order valence-electron chi connectivity index (χ4n) is 2.87. The minimum absolute atomic E-state index is 0.0163. The van der Waals surface area contributed by atoms with Gasteiger partial charge in [0.1, 0.15) is 0 Å². The number of nitroso groups, excluding NO2 is 1. The number of methoxy groups -OCH3 is 1. The Bertz CT molecular complexity index is 952. The van der Waals surface area contributed by atoms with E-state index in [-0.39, 0.29) is 11.6 Å². The van der Waals surface area contributed by atoms with Crippen LogP contribution in [0.3, 0.4) is 0 Å². The predicted molar refractivity (Wildman–Crippen MR) is 102 cm³/mol. The van der Waals surface area contributed by atoms with E-state index in [0.29, 0.717) is 40.6 Å². The van der Waals surface area contributed by atoms with Gasteiger partial charge in [0.05, 0.1) is 25.8 Å². The Labute approximate surface area is 155 Å². The molecule has 0 aliphatic carbocycles. The molecule has 1 heterocycles. The molecule has 2 aromatic carbocycles. The molecular weight excluding hydrogens is 356 g/mol. The van der Waals surface area contributed by atoms with Crippen molar-refractivity contribution in [1.82, 2.24) is 4.57 Å². The second-order valence-electron chi connectivity index (χ2n) is 5.84. The lowest BCUT2D eigenvalue weighted by molar-refractivity contribution is 0.294. The molecule has 0 aliphatic rings. The van der Waals surface area contributed by atoms with Crippen molar-refractivity contribution < 1.29 is 14.6 Å². The van der Waals surface area contributed by atoms with Crippen LogP contribution in [0.2, 0.25) is 5.02 Å². The highest BCUT2D eigenvalue weighted by atomic mass is 35.5. The second kappa shape index (κ2) is 7.66. The van der Waals surface area contributed by atoms with E-state index in [4.69, 9.17) is 21.1 Å². The lowest BCUT2D eigenvalue weighted by Gasteiger charge is -2.13. The van der Waals surface area contributed by atoms with Gasteiger partial charge >= 0.3 is 0 Å². The summed E-state index contributed by atoms with van der Waals surface area (Å²) >= 11 is 6.00. The fourth-order valence-corrected chi connectivity index (χ4v) is 3.04. The van der Waals surface area contributed by atoms with Gasteiger partial charge in [0.15, 0.2) is 17.2 Å². The molecule has 136 valence electrons. The number of hydrogen-bond acceptors (Lipinski definition) is 5. The molecule has 0 saturated heterocycles. The molecular formula is C19H19ClN2O4. The van der Waals surface area contributed by atoms with Crippen LogP contribution in [0, 0.1) is 4.91 Å². The zero-order valence-electron chi connectivity index (χ0n) is 14.5. The number of halogens is 1. The highest BCUT2D eigenvalue weighted by molar-refractivity contribution is 6.31. The Hall–Kier alpha value is -2.73. The van der Waals surface area contributed by atoms with Crippen LogP contribution in [0.5, 0.6) is 17.4 Å². The van der Waals surface area contributed by atoms with Gasteiger partial charge in [-0.2, -0.15) is 0 Å². The third kappa shape index (κ3) is 3.32. The first kappa shape index (κ1) is 18.1.